The van der Waals surface area contributed by atoms with Gasteiger partial charge in [0.2, 0.25) is 0 Å². The first kappa shape index (κ1) is 14.4. The average Bonchev–Trinajstić information content (AvgIpc) is 2.94. The van der Waals surface area contributed by atoms with Crippen molar-refractivity contribution in [3.63, 3.8) is 0 Å². The van der Waals surface area contributed by atoms with Crippen molar-refractivity contribution in [2.75, 3.05) is 0 Å². The van der Waals surface area contributed by atoms with Gasteiger partial charge >= 0.3 is 5.97 Å². The third-order valence-corrected chi connectivity index (χ3v) is 3.65. The molecule has 0 aliphatic carbocycles. The van der Waals surface area contributed by atoms with Gasteiger partial charge in [-0.3, -0.25) is 4.98 Å². The number of carbonyl (C=O) groups is 1. The Labute approximate surface area is 134 Å². The number of benzene rings is 1. The normalized spacial score (nSPS) is 10.6. The second-order valence-corrected chi connectivity index (χ2v) is 5.53. The van der Waals surface area contributed by atoms with Crippen LogP contribution >= 0.6 is 15.9 Å². The summed E-state index contributed by atoms with van der Waals surface area (Å²) in [6.07, 6.45) is 3.23. The molecule has 1 aromatic carbocycles. The summed E-state index contributed by atoms with van der Waals surface area (Å²) in [6, 6.07) is 11.3. The Morgan fingerprint density at radius 3 is 2.64 bits per heavy atom. The Morgan fingerprint density at radius 2 is 2.00 bits per heavy atom. The van der Waals surface area contributed by atoms with E-state index in [1.807, 2.05) is 24.3 Å². The number of carboxylic acid groups (broad SMARTS) is 1. The maximum atomic E-state index is 11.4. The van der Waals surface area contributed by atoms with Crippen LogP contribution in [-0.2, 0) is 6.54 Å². The molecule has 0 bridgehead atoms. The van der Waals surface area contributed by atoms with E-state index in [1.54, 1.807) is 29.2 Å². The highest BCUT2D eigenvalue weighted by Crippen LogP contribution is 2.22. The second-order valence-electron chi connectivity index (χ2n) is 4.62. The molecule has 7 heteroatoms. The van der Waals surface area contributed by atoms with E-state index in [-0.39, 0.29) is 5.69 Å². The minimum absolute atomic E-state index is 0.0786. The molecule has 1 N–H and O–H groups in total. The third-order valence-electron chi connectivity index (χ3n) is 3.12. The Hall–Kier alpha value is -2.54. The fraction of sp³-hybridized carbons (Fsp3) is 0.0667. The monoisotopic (exact) mass is 358 g/mol. The van der Waals surface area contributed by atoms with E-state index in [1.165, 1.54) is 0 Å². The molecule has 110 valence electrons. The molecular weight excluding hydrogens is 348 g/mol. The summed E-state index contributed by atoms with van der Waals surface area (Å²) in [5.74, 6) is -1.11. The lowest BCUT2D eigenvalue weighted by atomic mass is 10.1. The number of carboxylic acids is 1. The molecule has 0 unspecified atom stereocenters. The molecular formula is C15H11BrN4O2. The molecule has 0 aliphatic rings. The Morgan fingerprint density at radius 1 is 1.23 bits per heavy atom. The zero-order chi connectivity index (χ0) is 15.5. The van der Waals surface area contributed by atoms with Crippen LogP contribution in [0.2, 0.25) is 0 Å². The van der Waals surface area contributed by atoms with Crippen molar-refractivity contribution in [2.24, 2.45) is 0 Å². The van der Waals surface area contributed by atoms with Crippen molar-refractivity contribution in [1.29, 1.82) is 0 Å². The van der Waals surface area contributed by atoms with Crippen molar-refractivity contribution < 1.29 is 9.90 Å². The molecule has 6 nitrogen and oxygen atoms in total. The number of hydrogen-bond donors (Lipinski definition) is 1. The molecule has 2 aromatic heterocycles. The van der Waals surface area contributed by atoms with Crippen molar-refractivity contribution in [2.45, 2.75) is 6.54 Å². The summed E-state index contributed by atoms with van der Waals surface area (Å²) < 4.78 is 2.55. The molecule has 0 radical (unpaired) electrons. The first-order valence-corrected chi connectivity index (χ1v) is 7.26. The maximum Gasteiger partial charge on any atom is 0.358 e. The first-order chi connectivity index (χ1) is 10.6. The van der Waals surface area contributed by atoms with Gasteiger partial charge in [0, 0.05) is 22.4 Å². The topological polar surface area (TPSA) is 80.9 Å². The summed E-state index contributed by atoms with van der Waals surface area (Å²) in [4.78, 5) is 15.4. The fourth-order valence-corrected chi connectivity index (χ4v) is 2.38. The molecule has 0 aliphatic heterocycles. The quantitative estimate of drug-likeness (QED) is 0.775. The average molecular weight is 359 g/mol. The van der Waals surface area contributed by atoms with E-state index in [0.717, 1.165) is 10.0 Å². The van der Waals surface area contributed by atoms with Gasteiger partial charge in [0.25, 0.3) is 0 Å². The van der Waals surface area contributed by atoms with Crippen LogP contribution in [0.1, 0.15) is 16.1 Å². The number of hydrogen-bond acceptors (Lipinski definition) is 4. The van der Waals surface area contributed by atoms with Crippen molar-refractivity contribution in [1.82, 2.24) is 20.0 Å². The van der Waals surface area contributed by atoms with Gasteiger partial charge in [-0.25, -0.2) is 9.48 Å². The van der Waals surface area contributed by atoms with Crippen LogP contribution in [0.25, 0.3) is 11.3 Å². The van der Waals surface area contributed by atoms with Crippen molar-refractivity contribution in [3.8, 4) is 11.3 Å². The highest BCUT2D eigenvalue weighted by molar-refractivity contribution is 9.10. The van der Waals surface area contributed by atoms with E-state index in [9.17, 15) is 9.90 Å². The lowest BCUT2D eigenvalue weighted by Gasteiger charge is -2.07. The molecule has 22 heavy (non-hydrogen) atoms. The Bertz CT molecular complexity index is 800. The molecule has 3 aromatic rings. The van der Waals surface area contributed by atoms with Gasteiger partial charge in [-0.05, 0) is 29.8 Å². The predicted molar refractivity (Wildman–Crippen MR) is 83.5 cm³/mol. The molecule has 0 saturated heterocycles. The van der Waals surface area contributed by atoms with Crippen LogP contribution in [-0.4, -0.2) is 31.1 Å². The van der Waals surface area contributed by atoms with Gasteiger partial charge in [0.15, 0.2) is 5.69 Å². The van der Waals surface area contributed by atoms with Gasteiger partial charge in [-0.2, -0.15) is 0 Å². The molecule has 3 rings (SSSR count). The number of aromatic nitrogens is 4. The van der Waals surface area contributed by atoms with Crippen LogP contribution in [0, 0.1) is 0 Å². The summed E-state index contributed by atoms with van der Waals surface area (Å²) >= 11 is 3.38. The largest absolute Gasteiger partial charge is 0.476 e. The van der Waals surface area contributed by atoms with Crippen LogP contribution in [0.5, 0.6) is 0 Å². The summed E-state index contributed by atoms with van der Waals surface area (Å²) in [7, 11) is 0. The lowest BCUT2D eigenvalue weighted by Crippen LogP contribution is -2.06. The second kappa shape index (κ2) is 6.07. The number of nitrogens with zero attached hydrogens (tertiary/aromatic N) is 4. The standard InChI is InChI=1S/C15H11BrN4O2/c16-12-5-3-10(4-6-12)9-20-14(11-2-1-7-17-8-11)13(15(21)22)18-19-20/h1-8H,9H2,(H,21,22). The predicted octanol–water partition coefficient (Wildman–Crippen LogP) is 2.85. The summed E-state index contributed by atoms with van der Waals surface area (Å²) in [6.45, 7) is 0.428. The third kappa shape index (κ3) is 2.89. The smallest absolute Gasteiger partial charge is 0.358 e. The first-order valence-electron chi connectivity index (χ1n) is 6.47. The van der Waals surface area contributed by atoms with Crippen LogP contribution < -0.4 is 0 Å². The van der Waals surface area contributed by atoms with E-state index in [2.05, 4.69) is 31.2 Å². The molecule has 0 fully saturated rings. The van der Waals surface area contributed by atoms with Crippen molar-refractivity contribution >= 4 is 21.9 Å². The summed E-state index contributed by atoms with van der Waals surface area (Å²) in [5.41, 5.74) is 2.03. The van der Waals surface area contributed by atoms with E-state index in [4.69, 9.17) is 0 Å². The van der Waals surface area contributed by atoms with Gasteiger partial charge in [0.1, 0.15) is 5.69 Å². The van der Waals surface area contributed by atoms with Crippen LogP contribution in [0.3, 0.4) is 0 Å². The minimum atomic E-state index is -1.11. The van der Waals surface area contributed by atoms with Gasteiger partial charge < -0.3 is 5.11 Å². The molecule has 0 saturated carbocycles. The van der Waals surface area contributed by atoms with Crippen LogP contribution in [0.15, 0.2) is 53.3 Å². The van der Waals surface area contributed by atoms with E-state index < -0.39 is 5.97 Å². The van der Waals surface area contributed by atoms with Gasteiger partial charge in [-0.1, -0.05) is 33.3 Å². The number of rotatable bonds is 4. The Kier molecular flexibility index (Phi) is 3.97. The van der Waals surface area contributed by atoms with Gasteiger partial charge in [0.05, 0.1) is 6.54 Å². The molecule has 0 spiro atoms. The zero-order valence-electron chi connectivity index (χ0n) is 11.3. The number of pyridine rings is 1. The lowest BCUT2D eigenvalue weighted by molar-refractivity contribution is 0.0691. The van der Waals surface area contributed by atoms with E-state index in [0.29, 0.717) is 17.8 Å². The van der Waals surface area contributed by atoms with E-state index >= 15 is 0 Å². The maximum absolute atomic E-state index is 11.4. The fourth-order valence-electron chi connectivity index (χ4n) is 2.12. The highest BCUT2D eigenvalue weighted by Gasteiger charge is 2.20. The number of aromatic carboxylic acids is 1. The molecule has 2 heterocycles. The summed E-state index contributed by atoms with van der Waals surface area (Å²) in [5, 5.41) is 17.1. The van der Waals surface area contributed by atoms with Crippen LogP contribution in [0.4, 0.5) is 0 Å². The molecule has 0 atom stereocenters. The van der Waals surface area contributed by atoms with Crippen molar-refractivity contribution in [3.05, 3.63) is 64.5 Å². The SMILES string of the molecule is O=C(O)c1nnn(Cc2ccc(Br)cc2)c1-c1cccnc1. The zero-order valence-corrected chi connectivity index (χ0v) is 12.9. The number of halogens is 1. The minimum Gasteiger partial charge on any atom is -0.476 e. The van der Waals surface area contributed by atoms with Gasteiger partial charge in [-0.15, -0.1) is 5.10 Å². The Balaban J connectivity index is 2.05. The molecule has 0 amide bonds. The highest BCUT2D eigenvalue weighted by atomic mass is 79.9.